The number of carbonyl (C=O) groups is 2. The highest BCUT2D eigenvalue weighted by Gasteiger charge is 2.34. The Kier molecular flexibility index (Phi) is 4.94. The molecule has 3 heterocycles. The highest BCUT2D eigenvalue weighted by atomic mass is 32.1. The maximum atomic E-state index is 12.8. The SMILES string of the molecule is CCc1nc([C@H]2CCCN2C(=O)c2ccc(CNC(C)=O)s2)no1. The van der Waals surface area contributed by atoms with E-state index in [2.05, 4.69) is 15.5 Å². The van der Waals surface area contributed by atoms with Gasteiger partial charge in [0.25, 0.3) is 5.91 Å². The van der Waals surface area contributed by atoms with E-state index < -0.39 is 0 Å². The summed E-state index contributed by atoms with van der Waals surface area (Å²) in [6.07, 6.45) is 2.46. The Morgan fingerprint density at radius 1 is 1.46 bits per heavy atom. The predicted octanol–water partition coefficient (Wildman–Crippen LogP) is 2.31. The first kappa shape index (κ1) is 16.6. The highest BCUT2D eigenvalue weighted by molar-refractivity contribution is 7.14. The monoisotopic (exact) mass is 348 g/mol. The molecular formula is C16H20N4O3S. The van der Waals surface area contributed by atoms with Gasteiger partial charge < -0.3 is 14.7 Å². The number of hydrogen-bond acceptors (Lipinski definition) is 6. The average molecular weight is 348 g/mol. The van der Waals surface area contributed by atoms with Crippen LogP contribution in [0.3, 0.4) is 0 Å². The van der Waals surface area contributed by atoms with Crippen LogP contribution in [0.5, 0.6) is 0 Å². The summed E-state index contributed by atoms with van der Waals surface area (Å²) in [4.78, 5) is 31.6. The molecule has 0 bridgehead atoms. The molecule has 1 aliphatic rings. The molecule has 8 heteroatoms. The van der Waals surface area contributed by atoms with Crippen molar-refractivity contribution in [3.8, 4) is 0 Å². The number of rotatable bonds is 5. The molecule has 1 aliphatic heterocycles. The highest BCUT2D eigenvalue weighted by Crippen LogP contribution is 2.32. The second kappa shape index (κ2) is 7.12. The number of aromatic nitrogens is 2. The number of nitrogens with one attached hydrogen (secondary N) is 1. The van der Waals surface area contributed by atoms with Crippen LogP contribution >= 0.6 is 11.3 Å². The minimum atomic E-state index is -0.123. The van der Waals surface area contributed by atoms with Gasteiger partial charge in [-0.25, -0.2) is 0 Å². The van der Waals surface area contributed by atoms with Crippen LogP contribution in [-0.4, -0.2) is 33.4 Å². The molecule has 24 heavy (non-hydrogen) atoms. The summed E-state index contributed by atoms with van der Waals surface area (Å²) in [5.74, 6) is 1.09. The Balaban J connectivity index is 1.72. The topological polar surface area (TPSA) is 88.3 Å². The lowest BCUT2D eigenvalue weighted by molar-refractivity contribution is -0.119. The van der Waals surface area contributed by atoms with Crippen LogP contribution in [0, 0.1) is 0 Å². The molecule has 2 amide bonds. The van der Waals surface area contributed by atoms with Gasteiger partial charge >= 0.3 is 0 Å². The number of aryl methyl sites for hydroxylation is 1. The van der Waals surface area contributed by atoms with E-state index >= 15 is 0 Å². The van der Waals surface area contributed by atoms with E-state index in [1.807, 2.05) is 24.0 Å². The summed E-state index contributed by atoms with van der Waals surface area (Å²) in [7, 11) is 0. The van der Waals surface area contributed by atoms with Gasteiger partial charge in [-0.15, -0.1) is 11.3 Å². The van der Waals surface area contributed by atoms with Crippen molar-refractivity contribution < 1.29 is 14.1 Å². The van der Waals surface area contributed by atoms with E-state index in [1.165, 1.54) is 18.3 Å². The lowest BCUT2D eigenvalue weighted by Crippen LogP contribution is -2.30. The van der Waals surface area contributed by atoms with Crippen molar-refractivity contribution in [2.24, 2.45) is 0 Å². The Bertz CT molecular complexity index is 739. The zero-order valence-corrected chi connectivity index (χ0v) is 14.6. The van der Waals surface area contributed by atoms with Crippen LogP contribution in [-0.2, 0) is 17.8 Å². The van der Waals surface area contributed by atoms with Crippen LogP contribution in [0.15, 0.2) is 16.7 Å². The van der Waals surface area contributed by atoms with E-state index in [0.29, 0.717) is 36.1 Å². The van der Waals surface area contributed by atoms with Gasteiger partial charge in [0, 0.05) is 24.8 Å². The molecule has 0 spiro atoms. The lowest BCUT2D eigenvalue weighted by atomic mass is 10.2. The zero-order valence-electron chi connectivity index (χ0n) is 13.7. The molecule has 1 fully saturated rings. The number of nitrogens with zero attached hydrogens (tertiary/aromatic N) is 3. The van der Waals surface area contributed by atoms with Crippen LogP contribution in [0.1, 0.15) is 59.0 Å². The average Bonchev–Trinajstić information content (AvgIpc) is 3.30. The predicted molar refractivity (Wildman–Crippen MR) is 88.5 cm³/mol. The standard InChI is InChI=1S/C16H20N4O3S/c1-3-14-18-15(19-23-14)12-5-4-8-20(12)16(22)13-7-6-11(24-13)9-17-10(2)21/h6-7,12H,3-5,8-9H2,1-2H3,(H,17,21)/t12-/m1/s1. The molecule has 2 aromatic heterocycles. The maximum Gasteiger partial charge on any atom is 0.264 e. The summed E-state index contributed by atoms with van der Waals surface area (Å²) in [5.41, 5.74) is 0. The fourth-order valence-electron chi connectivity index (χ4n) is 2.77. The number of thiophene rings is 1. The van der Waals surface area contributed by atoms with Crippen molar-refractivity contribution in [2.75, 3.05) is 6.54 Å². The molecular weight excluding hydrogens is 328 g/mol. The van der Waals surface area contributed by atoms with Gasteiger partial charge in [-0.1, -0.05) is 12.1 Å². The van der Waals surface area contributed by atoms with Crippen molar-refractivity contribution in [3.05, 3.63) is 33.6 Å². The molecule has 0 unspecified atom stereocenters. The van der Waals surface area contributed by atoms with E-state index in [9.17, 15) is 9.59 Å². The Morgan fingerprint density at radius 3 is 3.00 bits per heavy atom. The molecule has 3 rings (SSSR count). The van der Waals surface area contributed by atoms with Crippen LogP contribution < -0.4 is 5.32 Å². The van der Waals surface area contributed by atoms with Crippen molar-refractivity contribution in [1.82, 2.24) is 20.4 Å². The number of likely N-dealkylation sites (tertiary alicyclic amines) is 1. The summed E-state index contributed by atoms with van der Waals surface area (Å²) in [6.45, 7) is 4.57. The summed E-state index contributed by atoms with van der Waals surface area (Å²) in [6, 6.07) is 3.57. The van der Waals surface area contributed by atoms with Crippen molar-refractivity contribution in [2.45, 2.75) is 45.7 Å². The molecule has 128 valence electrons. The third-order valence-electron chi connectivity index (χ3n) is 3.98. The van der Waals surface area contributed by atoms with Crippen molar-refractivity contribution in [3.63, 3.8) is 0 Å². The quantitative estimate of drug-likeness (QED) is 0.896. The van der Waals surface area contributed by atoms with Gasteiger partial charge in [0.15, 0.2) is 5.82 Å². The molecule has 1 atom stereocenters. The van der Waals surface area contributed by atoms with E-state index in [1.54, 1.807) is 0 Å². The van der Waals surface area contributed by atoms with Crippen LogP contribution in [0.25, 0.3) is 0 Å². The first-order valence-electron chi connectivity index (χ1n) is 8.05. The molecule has 0 aliphatic carbocycles. The molecule has 2 aromatic rings. The van der Waals surface area contributed by atoms with Gasteiger partial charge in [0.2, 0.25) is 11.8 Å². The second-order valence-electron chi connectivity index (χ2n) is 5.73. The zero-order chi connectivity index (χ0) is 17.1. The molecule has 0 saturated carbocycles. The molecule has 7 nitrogen and oxygen atoms in total. The fraction of sp³-hybridized carbons (Fsp3) is 0.500. The van der Waals surface area contributed by atoms with Crippen molar-refractivity contribution in [1.29, 1.82) is 0 Å². The minimum Gasteiger partial charge on any atom is -0.351 e. The molecule has 1 N–H and O–H groups in total. The number of amides is 2. The largest absolute Gasteiger partial charge is 0.351 e. The van der Waals surface area contributed by atoms with E-state index in [0.717, 1.165) is 17.7 Å². The third-order valence-corrected chi connectivity index (χ3v) is 5.06. The van der Waals surface area contributed by atoms with Gasteiger partial charge in [0.1, 0.15) is 0 Å². The van der Waals surface area contributed by atoms with Gasteiger partial charge in [-0.2, -0.15) is 4.98 Å². The van der Waals surface area contributed by atoms with Crippen molar-refractivity contribution >= 4 is 23.2 Å². The summed E-state index contributed by atoms with van der Waals surface area (Å²) >= 11 is 1.41. The molecule has 0 radical (unpaired) electrons. The Hall–Kier alpha value is -2.22. The molecule has 0 aromatic carbocycles. The first-order valence-corrected chi connectivity index (χ1v) is 8.86. The Labute approximate surface area is 144 Å². The smallest absolute Gasteiger partial charge is 0.264 e. The van der Waals surface area contributed by atoms with E-state index in [-0.39, 0.29) is 17.9 Å². The normalized spacial score (nSPS) is 17.2. The number of carbonyl (C=O) groups excluding carboxylic acids is 2. The van der Waals surface area contributed by atoms with Gasteiger partial charge in [0.05, 0.1) is 17.5 Å². The molecule has 1 saturated heterocycles. The minimum absolute atomic E-state index is 0.0144. The van der Waals surface area contributed by atoms with Gasteiger partial charge in [-0.05, 0) is 25.0 Å². The van der Waals surface area contributed by atoms with Crippen LogP contribution in [0.2, 0.25) is 0 Å². The summed E-state index contributed by atoms with van der Waals surface area (Å²) in [5, 5.41) is 6.77. The van der Waals surface area contributed by atoms with Crippen LogP contribution in [0.4, 0.5) is 0 Å². The second-order valence-corrected chi connectivity index (χ2v) is 6.90. The first-order chi connectivity index (χ1) is 11.6. The lowest BCUT2D eigenvalue weighted by Gasteiger charge is -2.21. The van der Waals surface area contributed by atoms with Gasteiger partial charge in [-0.3, -0.25) is 9.59 Å². The Morgan fingerprint density at radius 2 is 2.29 bits per heavy atom. The van der Waals surface area contributed by atoms with E-state index in [4.69, 9.17) is 4.52 Å². The number of hydrogen-bond donors (Lipinski definition) is 1. The maximum absolute atomic E-state index is 12.8. The fourth-order valence-corrected chi connectivity index (χ4v) is 3.67. The summed E-state index contributed by atoms with van der Waals surface area (Å²) < 4.78 is 5.18. The third kappa shape index (κ3) is 3.48.